The monoisotopic (exact) mass is 303 g/mol. The highest BCUT2D eigenvalue weighted by atomic mass is 16.3. The lowest BCUT2D eigenvalue weighted by atomic mass is 10.0. The molecule has 1 aromatic heterocycles. The first-order valence-corrected chi connectivity index (χ1v) is 7.74. The Morgan fingerprint density at radius 1 is 1.13 bits per heavy atom. The third-order valence-electron chi connectivity index (χ3n) is 4.55. The van der Waals surface area contributed by atoms with E-state index >= 15 is 0 Å². The van der Waals surface area contributed by atoms with Crippen molar-refractivity contribution in [2.24, 2.45) is 0 Å². The number of hydrogen-bond acceptors (Lipinski definition) is 3. The molecule has 0 radical (unpaired) electrons. The molecule has 0 saturated heterocycles. The van der Waals surface area contributed by atoms with Crippen molar-refractivity contribution in [3.63, 3.8) is 0 Å². The maximum atomic E-state index is 10.6. The van der Waals surface area contributed by atoms with Crippen LogP contribution in [0.15, 0.2) is 54.6 Å². The lowest BCUT2D eigenvalue weighted by molar-refractivity contribution is 0.114. The van der Waals surface area contributed by atoms with E-state index in [9.17, 15) is 5.11 Å². The van der Waals surface area contributed by atoms with Gasteiger partial charge in [0, 0.05) is 16.4 Å². The van der Waals surface area contributed by atoms with Gasteiger partial charge >= 0.3 is 0 Å². The second-order valence-corrected chi connectivity index (χ2v) is 6.13. The fourth-order valence-electron chi connectivity index (χ4n) is 3.11. The second kappa shape index (κ2) is 5.24. The van der Waals surface area contributed by atoms with Crippen LogP contribution in [-0.2, 0) is 5.54 Å². The summed E-state index contributed by atoms with van der Waals surface area (Å²) in [7, 11) is 0. The standard InChI is InChI=1S/C19H17N3O/c20-12-13-6-7-16-14(10-13)11-17(21-16)18(23)22-19(8-9-19)15-4-2-1-3-5-15/h1-7,10-11,18,21-23H,8-9H2. The number of hydrogen-bond donors (Lipinski definition) is 3. The summed E-state index contributed by atoms with van der Waals surface area (Å²) in [6, 6.07) is 19.7. The van der Waals surface area contributed by atoms with Crippen molar-refractivity contribution < 1.29 is 5.11 Å². The number of aromatic nitrogens is 1. The van der Waals surface area contributed by atoms with Gasteiger partial charge in [-0.25, -0.2) is 0 Å². The summed E-state index contributed by atoms with van der Waals surface area (Å²) in [5, 5.41) is 23.8. The third kappa shape index (κ3) is 2.50. The number of nitriles is 1. The third-order valence-corrected chi connectivity index (χ3v) is 4.55. The Kier molecular flexibility index (Phi) is 3.19. The van der Waals surface area contributed by atoms with Gasteiger partial charge in [-0.2, -0.15) is 5.26 Å². The average molecular weight is 303 g/mol. The van der Waals surface area contributed by atoms with E-state index in [0.717, 1.165) is 29.4 Å². The van der Waals surface area contributed by atoms with Crippen molar-refractivity contribution >= 4 is 10.9 Å². The zero-order valence-electron chi connectivity index (χ0n) is 12.6. The SMILES string of the molecule is N#Cc1ccc2[nH]c(C(O)NC3(c4ccccc4)CC3)cc2c1. The topological polar surface area (TPSA) is 71.8 Å². The van der Waals surface area contributed by atoms with E-state index in [1.165, 1.54) is 5.56 Å². The van der Waals surface area contributed by atoms with Gasteiger partial charge in [0.2, 0.25) is 0 Å². The molecular formula is C19H17N3O. The first kappa shape index (κ1) is 14.0. The molecule has 1 aliphatic carbocycles. The molecule has 4 rings (SSSR count). The van der Waals surface area contributed by atoms with Gasteiger partial charge in [-0.3, -0.25) is 5.32 Å². The predicted octanol–water partition coefficient (Wildman–Crippen LogP) is 3.31. The molecule has 0 amide bonds. The summed E-state index contributed by atoms with van der Waals surface area (Å²) in [4.78, 5) is 3.23. The molecule has 1 heterocycles. The molecule has 2 aromatic carbocycles. The number of aliphatic hydroxyl groups is 1. The maximum Gasteiger partial charge on any atom is 0.146 e. The summed E-state index contributed by atoms with van der Waals surface area (Å²) < 4.78 is 0. The number of fused-ring (bicyclic) bond motifs is 1. The van der Waals surface area contributed by atoms with Gasteiger partial charge in [-0.1, -0.05) is 30.3 Å². The van der Waals surface area contributed by atoms with Crippen LogP contribution >= 0.6 is 0 Å². The van der Waals surface area contributed by atoms with E-state index in [1.807, 2.05) is 36.4 Å². The van der Waals surface area contributed by atoms with Crippen LogP contribution in [-0.4, -0.2) is 10.1 Å². The molecule has 1 fully saturated rings. The van der Waals surface area contributed by atoms with Gasteiger partial charge in [0.05, 0.1) is 17.3 Å². The van der Waals surface area contributed by atoms with Gasteiger partial charge in [0.15, 0.2) is 0 Å². The molecule has 1 aliphatic rings. The Morgan fingerprint density at radius 3 is 2.61 bits per heavy atom. The molecule has 3 N–H and O–H groups in total. The lowest BCUT2D eigenvalue weighted by Gasteiger charge is -2.21. The number of benzene rings is 2. The van der Waals surface area contributed by atoms with Crippen LogP contribution in [0.2, 0.25) is 0 Å². The quantitative estimate of drug-likeness (QED) is 0.647. The fourth-order valence-corrected chi connectivity index (χ4v) is 3.11. The molecule has 1 atom stereocenters. The highest BCUT2D eigenvalue weighted by Crippen LogP contribution is 2.46. The average Bonchev–Trinajstić information content (AvgIpc) is 3.24. The van der Waals surface area contributed by atoms with E-state index in [-0.39, 0.29) is 5.54 Å². The van der Waals surface area contributed by atoms with E-state index in [0.29, 0.717) is 5.56 Å². The zero-order chi connectivity index (χ0) is 15.9. The number of rotatable bonds is 4. The normalized spacial score (nSPS) is 16.9. The van der Waals surface area contributed by atoms with Crippen LogP contribution in [0.4, 0.5) is 0 Å². The minimum absolute atomic E-state index is 0.129. The molecule has 4 heteroatoms. The molecule has 1 unspecified atom stereocenters. The zero-order valence-corrected chi connectivity index (χ0v) is 12.6. The highest BCUT2D eigenvalue weighted by Gasteiger charge is 2.45. The predicted molar refractivity (Wildman–Crippen MR) is 88.5 cm³/mol. The van der Waals surface area contributed by atoms with E-state index < -0.39 is 6.23 Å². The molecule has 0 spiro atoms. The smallest absolute Gasteiger partial charge is 0.146 e. The number of nitrogens with zero attached hydrogens (tertiary/aromatic N) is 1. The van der Waals surface area contributed by atoms with Crippen molar-refractivity contribution in [2.45, 2.75) is 24.6 Å². The Balaban J connectivity index is 1.60. The number of aliphatic hydroxyl groups excluding tert-OH is 1. The second-order valence-electron chi connectivity index (χ2n) is 6.13. The maximum absolute atomic E-state index is 10.6. The van der Waals surface area contributed by atoms with E-state index in [1.54, 1.807) is 6.07 Å². The molecule has 1 saturated carbocycles. The van der Waals surface area contributed by atoms with Gasteiger partial charge in [0.1, 0.15) is 6.23 Å². The van der Waals surface area contributed by atoms with Crippen molar-refractivity contribution in [3.05, 3.63) is 71.4 Å². The summed E-state index contributed by atoms with van der Waals surface area (Å²) >= 11 is 0. The van der Waals surface area contributed by atoms with Crippen LogP contribution in [0.1, 0.15) is 35.9 Å². The van der Waals surface area contributed by atoms with Crippen molar-refractivity contribution in [1.29, 1.82) is 5.26 Å². The van der Waals surface area contributed by atoms with E-state index in [4.69, 9.17) is 5.26 Å². The van der Waals surface area contributed by atoms with Crippen molar-refractivity contribution in [1.82, 2.24) is 10.3 Å². The van der Waals surface area contributed by atoms with Crippen molar-refractivity contribution in [3.8, 4) is 6.07 Å². The molecule has 3 aromatic rings. The minimum atomic E-state index is -0.768. The molecule has 23 heavy (non-hydrogen) atoms. The van der Waals surface area contributed by atoms with Gasteiger partial charge in [-0.05, 0) is 42.7 Å². The number of aromatic amines is 1. The van der Waals surface area contributed by atoms with Crippen molar-refractivity contribution in [2.75, 3.05) is 0 Å². The molecule has 0 bridgehead atoms. The summed E-state index contributed by atoms with van der Waals surface area (Å²) in [5.41, 5.74) is 3.34. The molecule has 4 nitrogen and oxygen atoms in total. The first-order chi connectivity index (χ1) is 11.2. The van der Waals surface area contributed by atoms with Crippen LogP contribution in [0, 0.1) is 11.3 Å². The highest BCUT2D eigenvalue weighted by molar-refractivity contribution is 5.81. The molecular weight excluding hydrogens is 286 g/mol. The Labute approximate surface area is 134 Å². The minimum Gasteiger partial charge on any atom is -0.373 e. The number of nitrogens with one attached hydrogen (secondary N) is 2. The van der Waals surface area contributed by atoms with Crippen LogP contribution in [0.25, 0.3) is 10.9 Å². The first-order valence-electron chi connectivity index (χ1n) is 7.74. The lowest BCUT2D eigenvalue weighted by Crippen LogP contribution is -2.32. The summed E-state index contributed by atoms with van der Waals surface area (Å²) in [6.07, 6.45) is 1.27. The van der Waals surface area contributed by atoms with Gasteiger partial charge in [0.25, 0.3) is 0 Å². The largest absolute Gasteiger partial charge is 0.373 e. The fraction of sp³-hybridized carbons (Fsp3) is 0.211. The van der Waals surface area contributed by atoms with Gasteiger partial charge < -0.3 is 10.1 Å². The summed E-state index contributed by atoms with van der Waals surface area (Å²) in [5.74, 6) is 0. The Hall–Kier alpha value is -2.61. The van der Waals surface area contributed by atoms with Gasteiger partial charge in [-0.15, -0.1) is 0 Å². The van der Waals surface area contributed by atoms with E-state index in [2.05, 4.69) is 28.5 Å². The Morgan fingerprint density at radius 2 is 1.91 bits per heavy atom. The van der Waals surface area contributed by atoms with Crippen LogP contribution < -0.4 is 5.32 Å². The Bertz CT molecular complexity index is 888. The summed E-state index contributed by atoms with van der Waals surface area (Å²) in [6.45, 7) is 0. The van der Waals surface area contributed by atoms with Crippen LogP contribution in [0.5, 0.6) is 0 Å². The van der Waals surface area contributed by atoms with Crippen LogP contribution in [0.3, 0.4) is 0 Å². The number of H-pyrrole nitrogens is 1. The molecule has 114 valence electrons. The molecule has 0 aliphatic heterocycles.